The van der Waals surface area contributed by atoms with Gasteiger partial charge < -0.3 is 15.7 Å². The molecule has 0 aliphatic carbocycles. The van der Waals surface area contributed by atoms with Crippen LogP contribution in [0, 0.1) is 0 Å². The first-order chi connectivity index (χ1) is 10.9. The van der Waals surface area contributed by atoms with Gasteiger partial charge in [0.25, 0.3) is 5.91 Å². The summed E-state index contributed by atoms with van der Waals surface area (Å²) in [7, 11) is 1.57. The number of imide groups is 1. The number of carbonyl (C=O) groups is 4. The molecule has 2 aliphatic rings. The van der Waals surface area contributed by atoms with Crippen molar-refractivity contribution in [3.8, 4) is 0 Å². The molecular weight excluding hydrogens is 304 g/mol. The Morgan fingerprint density at radius 2 is 1.96 bits per heavy atom. The molecule has 9 heteroatoms. The number of likely N-dealkylation sites (N-methyl/N-ethyl adjacent to an activating group) is 1. The minimum Gasteiger partial charge on any atom is -0.481 e. The number of hydrogen-bond acceptors (Lipinski definition) is 5. The van der Waals surface area contributed by atoms with Crippen LogP contribution in [-0.4, -0.2) is 77.5 Å². The number of nitrogens with zero attached hydrogens (tertiary/aromatic N) is 2. The van der Waals surface area contributed by atoms with Crippen molar-refractivity contribution in [2.24, 2.45) is 0 Å². The van der Waals surface area contributed by atoms with Gasteiger partial charge in [-0.1, -0.05) is 0 Å². The zero-order valence-corrected chi connectivity index (χ0v) is 13.1. The number of likely N-dealkylation sites (tertiary alicyclic amines) is 1. The van der Waals surface area contributed by atoms with Crippen LogP contribution in [0.25, 0.3) is 0 Å². The maximum atomic E-state index is 12.6. The van der Waals surface area contributed by atoms with E-state index < -0.39 is 17.5 Å². The number of rotatable bonds is 6. The Hall–Kier alpha value is -2.16. The number of carboxylic acid groups (broad SMARTS) is 1. The number of carboxylic acids is 1. The minimum absolute atomic E-state index is 0.0794. The van der Waals surface area contributed by atoms with Gasteiger partial charge in [-0.15, -0.1) is 0 Å². The van der Waals surface area contributed by atoms with Gasteiger partial charge in [-0.2, -0.15) is 0 Å². The van der Waals surface area contributed by atoms with E-state index in [9.17, 15) is 19.2 Å². The fraction of sp³-hybridized carbons (Fsp3) is 0.714. The molecule has 0 saturated carbocycles. The van der Waals surface area contributed by atoms with Gasteiger partial charge in [0.1, 0.15) is 5.54 Å². The predicted octanol–water partition coefficient (Wildman–Crippen LogP) is -1.02. The molecule has 0 radical (unpaired) electrons. The second kappa shape index (κ2) is 6.95. The Morgan fingerprint density at radius 3 is 2.52 bits per heavy atom. The van der Waals surface area contributed by atoms with Crippen LogP contribution < -0.4 is 10.6 Å². The van der Waals surface area contributed by atoms with Crippen molar-refractivity contribution in [3.63, 3.8) is 0 Å². The van der Waals surface area contributed by atoms with E-state index in [0.717, 1.165) is 4.90 Å². The average molecular weight is 326 g/mol. The fourth-order valence-corrected chi connectivity index (χ4v) is 2.98. The molecule has 9 nitrogen and oxygen atoms in total. The average Bonchev–Trinajstić information content (AvgIpc) is 2.73. The lowest BCUT2D eigenvalue weighted by Gasteiger charge is -2.36. The van der Waals surface area contributed by atoms with Crippen LogP contribution in [0.3, 0.4) is 0 Å². The number of carbonyl (C=O) groups excluding carboxylic acids is 3. The van der Waals surface area contributed by atoms with Crippen molar-refractivity contribution >= 4 is 23.8 Å². The number of hydrogen-bond donors (Lipinski definition) is 3. The van der Waals surface area contributed by atoms with Crippen LogP contribution in [0.5, 0.6) is 0 Å². The molecule has 1 spiro atoms. The predicted molar refractivity (Wildman–Crippen MR) is 79.6 cm³/mol. The Labute approximate surface area is 134 Å². The van der Waals surface area contributed by atoms with Crippen molar-refractivity contribution in [3.05, 3.63) is 0 Å². The fourth-order valence-electron chi connectivity index (χ4n) is 2.98. The van der Waals surface area contributed by atoms with E-state index in [0.29, 0.717) is 25.9 Å². The summed E-state index contributed by atoms with van der Waals surface area (Å²) in [5, 5.41) is 14.0. The first-order valence-electron chi connectivity index (χ1n) is 7.67. The van der Waals surface area contributed by atoms with E-state index in [1.807, 2.05) is 4.90 Å². The van der Waals surface area contributed by atoms with Gasteiger partial charge >= 0.3 is 12.0 Å². The van der Waals surface area contributed by atoms with Crippen molar-refractivity contribution in [2.75, 3.05) is 33.2 Å². The van der Waals surface area contributed by atoms with E-state index in [-0.39, 0.29) is 37.7 Å². The van der Waals surface area contributed by atoms with E-state index in [2.05, 4.69) is 10.6 Å². The van der Waals surface area contributed by atoms with E-state index in [1.54, 1.807) is 7.05 Å². The van der Waals surface area contributed by atoms with Crippen LogP contribution >= 0.6 is 0 Å². The number of urea groups is 1. The highest BCUT2D eigenvalue weighted by molar-refractivity contribution is 6.07. The summed E-state index contributed by atoms with van der Waals surface area (Å²) in [6.45, 7) is 1.47. The Bertz CT molecular complexity index is 513. The molecule has 4 amide bonds. The maximum Gasteiger partial charge on any atom is 0.325 e. The Balaban J connectivity index is 1.91. The van der Waals surface area contributed by atoms with Gasteiger partial charge in [-0.05, 0) is 19.3 Å². The molecule has 2 rings (SSSR count). The SMILES string of the molecule is CNC(=O)CN1CCC2(CC1)NC(=O)N(CCCC(=O)O)C2=O. The topological polar surface area (TPSA) is 119 Å². The molecular formula is C14H22N4O5. The van der Waals surface area contributed by atoms with Crippen LogP contribution in [0.2, 0.25) is 0 Å². The lowest BCUT2D eigenvalue weighted by atomic mass is 9.87. The molecule has 2 fully saturated rings. The number of nitrogens with one attached hydrogen (secondary N) is 2. The van der Waals surface area contributed by atoms with E-state index >= 15 is 0 Å². The van der Waals surface area contributed by atoms with Gasteiger partial charge in [-0.25, -0.2) is 4.79 Å². The summed E-state index contributed by atoms with van der Waals surface area (Å²) >= 11 is 0. The van der Waals surface area contributed by atoms with Crippen LogP contribution in [0.15, 0.2) is 0 Å². The zero-order chi connectivity index (χ0) is 17.0. The highest BCUT2D eigenvalue weighted by Crippen LogP contribution is 2.29. The summed E-state index contributed by atoms with van der Waals surface area (Å²) in [4.78, 5) is 49.5. The monoisotopic (exact) mass is 326 g/mol. The molecule has 23 heavy (non-hydrogen) atoms. The maximum absolute atomic E-state index is 12.6. The summed E-state index contributed by atoms with van der Waals surface area (Å²) in [5.41, 5.74) is -0.903. The van der Waals surface area contributed by atoms with Gasteiger partial charge in [0.05, 0.1) is 6.54 Å². The van der Waals surface area contributed by atoms with Crippen molar-refractivity contribution in [1.82, 2.24) is 20.4 Å². The molecule has 2 saturated heterocycles. The molecule has 2 heterocycles. The highest BCUT2D eigenvalue weighted by Gasteiger charge is 2.52. The first-order valence-corrected chi connectivity index (χ1v) is 7.67. The normalized spacial score (nSPS) is 20.7. The highest BCUT2D eigenvalue weighted by atomic mass is 16.4. The van der Waals surface area contributed by atoms with Gasteiger partial charge in [0.2, 0.25) is 5.91 Å². The third-order valence-corrected chi connectivity index (χ3v) is 4.37. The first kappa shape index (κ1) is 17.2. The second-order valence-electron chi connectivity index (χ2n) is 5.92. The molecule has 0 aromatic rings. The molecule has 0 aromatic heterocycles. The largest absolute Gasteiger partial charge is 0.481 e. The summed E-state index contributed by atoms with van der Waals surface area (Å²) in [6.07, 6.45) is 1.06. The van der Waals surface area contributed by atoms with E-state index in [4.69, 9.17) is 5.11 Å². The molecule has 0 unspecified atom stereocenters. The van der Waals surface area contributed by atoms with E-state index in [1.165, 1.54) is 0 Å². The summed E-state index contributed by atoms with van der Waals surface area (Å²) < 4.78 is 0. The summed E-state index contributed by atoms with van der Waals surface area (Å²) in [5.74, 6) is -1.32. The third-order valence-electron chi connectivity index (χ3n) is 4.37. The molecule has 3 N–H and O–H groups in total. The van der Waals surface area contributed by atoms with Crippen LogP contribution in [0.1, 0.15) is 25.7 Å². The van der Waals surface area contributed by atoms with Gasteiger partial charge in [0, 0.05) is 33.1 Å². The van der Waals surface area contributed by atoms with Crippen LogP contribution in [0.4, 0.5) is 4.79 Å². The molecule has 0 bridgehead atoms. The Kier molecular flexibility index (Phi) is 5.19. The minimum atomic E-state index is -0.950. The van der Waals surface area contributed by atoms with Crippen LogP contribution in [-0.2, 0) is 14.4 Å². The second-order valence-corrected chi connectivity index (χ2v) is 5.92. The number of aliphatic carboxylic acids is 1. The standard InChI is InChI=1S/C14H22N4O5/c1-15-10(19)9-17-7-4-14(5-8-17)12(22)18(13(23)16-14)6-2-3-11(20)21/h2-9H2,1H3,(H,15,19)(H,16,23)(H,20,21). The van der Waals surface area contributed by atoms with Gasteiger partial charge in [0.15, 0.2) is 0 Å². The van der Waals surface area contributed by atoms with Gasteiger partial charge in [-0.3, -0.25) is 24.2 Å². The smallest absolute Gasteiger partial charge is 0.325 e. The zero-order valence-electron chi connectivity index (χ0n) is 13.1. The third kappa shape index (κ3) is 3.79. The molecule has 0 atom stereocenters. The number of piperidine rings is 1. The Morgan fingerprint density at radius 1 is 1.30 bits per heavy atom. The lowest BCUT2D eigenvalue weighted by molar-refractivity contribution is -0.138. The lowest BCUT2D eigenvalue weighted by Crippen LogP contribution is -2.55. The summed E-state index contributed by atoms with van der Waals surface area (Å²) in [6, 6.07) is -0.458. The molecule has 2 aliphatic heterocycles. The molecule has 128 valence electrons. The number of amides is 4. The van der Waals surface area contributed by atoms with Crippen molar-refractivity contribution in [2.45, 2.75) is 31.2 Å². The quantitative estimate of drug-likeness (QED) is 0.538. The molecule has 0 aromatic carbocycles. The van der Waals surface area contributed by atoms with Crippen molar-refractivity contribution in [1.29, 1.82) is 0 Å². The van der Waals surface area contributed by atoms with Crippen molar-refractivity contribution < 1.29 is 24.3 Å².